The van der Waals surface area contributed by atoms with Gasteiger partial charge in [0.2, 0.25) is 0 Å². The number of aromatic nitrogens is 4. The van der Waals surface area contributed by atoms with Gasteiger partial charge in [-0.05, 0) is 66.2 Å². The van der Waals surface area contributed by atoms with Gasteiger partial charge in [-0.25, -0.2) is 4.52 Å². The van der Waals surface area contributed by atoms with Gasteiger partial charge in [-0.2, -0.15) is 5.10 Å². The SMILES string of the molecule is COc1ccc(-c2c(-c3ccc(OC)cc3)n3nc(-c4ccccc4)c(-c4ccncc4)c3n2C)cc1. The van der Waals surface area contributed by atoms with Gasteiger partial charge in [0.25, 0.3) is 0 Å². The molecule has 0 saturated carbocycles. The molecule has 6 nitrogen and oxygen atoms in total. The average Bonchev–Trinajstić information content (AvgIpc) is 3.49. The Bertz CT molecular complexity index is 1670. The molecule has 0 fully saturated rings. The van der Waals surface area contributed by atoms with Gasteiger partial charge in [-0.1, -0.05) is 30.3 Å². The molecule has 3 heterocycles. The molecule has 37 heavy (non-hydrogen) atoms. The van der Waals surface area contributed by atoms with E-state index in [1.165, 1.54) is 0 Å². The van der Waals surface area contributed by atoms with Gasteiger partial charge >= 0.3 is 0 Å². The zero-order valence-electron chi connectivity index (χ0n) is 20.9. The summed E-state index contributed by atoms with van der Waals surface area (Å²) in [6.07, 6.45) is 3.65. The van der Waals surface area contributed by atoms with Crippen molar-refractivity contribution in [3.63, 3.8) is 0 Å². The molecule has 6 aromatic rings. The summed E-state index contributed by atoms with van der Waals surface area (Å²) < 4.78 is 15.1. The number of aryl methyl sites for hydroxylation is 1. The molecule has 0 aliphatic heterocycles. The van der Waals surface area contributed by atoms with Crippen molar-refractivity contribution in [2.45, 2.75) is 0 Å². The summed E-state index contributed by atoms with van der Waals surface area (Å²) >= 11 is 0. The first-order valence-electron chi connectivity index (χ1n) is 12.1. The van der Waals surface area contributed by atoms with Gasteiger partial charge in [0, 0.05) is 36.1 Å². The summed E-state index contributed by atoms with van der Waals surface area (Å²) in [6.45, 7) is 0. The predicted molar refractivity (Wildman–Crippen MR) is 147 cm³/mol. The van der Waals surface area contributed by atoms with Crippen LogP contribution in [0.5, 0.6) is 11.5 Å². The minimum atomic E-state index is 0.810. The minimum Gasteiger partial charge on any atom is -0.497 e. The second kappa shape index (κ2) is 9.32. The smallest absolute Gasteiger partial charge is 0.145 e. The second-order valence-corrected chi connectivity index (χ2v) is 8.77. The molecule has 0 bridgehead atoms. The molecule has 0 radical (unpaired) electrons. The Kier molecular flexibility index (Phi) is 5.69. The van der Waals surface area contributed by atoms with Crippen molar-refractivity contribution >= 4 is 5.65 Å². The second-order valence-electron chi connectivity index (χ2n) is 8.77. The van der Waals surface area contributed by atoms with Crippen LogP contribution in [0.15, 0.2) is 103 Å². The number of pyridine rings is 1. The van der Waals surface area contributed by atoms with E-state index in [0.717, 1.165) is 62.0 Å². The lowest BCUT2D eigenvalue weighted by Crippen LogP contribution is -1.96. The molecule has 0 atom stereocenters. The number of benzene rings is 3. The first-order chi connectivity index (χ1) is 18.2. The van der Waals surface area contributed by atoms with Crippen molar-refractivity contribution in [1.82, 2.24) is 19.2 Å². The standard InChI is InChI=1S/C31H26N4O2/c1-34-29(23-9-13-25(36-2)14-10-23)30(24-11-15-26(37-3)16-12-24)35-31(34)27(21-17-19-32-20-18-21)28(33-35)22-7-5-4-6-8-22/h4-20H,1-3H3. The van der Waals surface area contributed by atoms with Gasteiger partial charge in [0.05, 0.1) is 31.2 Å². The number of nitrogens with zero attached hydrogens (tertiary/aromatic N) is 4. The Morgan fingerprint density at radius 3 is 1.73 bits per heavy atom. The maximum absolute atomic E-state index is 5.43. The maximum atomic E-state index is 5.43. The molecule has 6 rings (SSSR count). The van der Waals surface area contributed by atoms with Gasteiger partial charge < -0.3 is 14.0 Å². The van der Waals surface area contributed by atoms with E-state index >= 15 is 0 Å². The van der Waals surface area contributed by atoms with Crippen molar-refractivity contribution < 1.29 is 9.47 Å². The molecular formula is C31H26N4O2. The Morgan fingerprint density at radius 2 is 1.16 bits per heavy atom. The highest BCUT2D eigenvalue weighted by Gasteiger charge is 2.26. The van der Waals surface area contributed by atoms with E-state index in [2.05, 4.69) is 57.5 Å². The molecule has 3 aromatic heterocycles. The Balaban J connectivity index is 1.72. The van der Waals surface area contributed by atoms with Crippen LogP contribution in [0, 0.1) is 0 Å². The quantitative estimate of drug-likeness (QED) is 0.261. The van der Waals surface area contributed by atoms with Gasteiger partial charge in [-0.3, -0.25) is 4.98 Å². The summed E-state index contributed by atoms with van der Waals surface area (Å²) in [5.41, 5.74) is 9.28. The molecular weight excluding hydrogens is 460 g/mol. The van der Waals surface area contributed by atoms with Crippen LogP contribution >= 0.6 is 0 Å². The van der Waals surface area contributed by atoms with Crippen LogP contribution in [0.4, 0.5) is 0 Å². The fourth-order valence-electron chi connectivity index (χ4n) is 4.91. The predicted octanol–water partition coefficient (Wildman–Crippen LogP) is 6.75. The first kappa shape index (κ1) is 22.6. The fourth-order valence-corrected chi connectivity index (χ4v) is 4.91. The number of imidazole rings is 1. The molecule has 0 amide bonds. The van der Waals surface area contributed by atoms with Crippen LogP contribution in [-0.4, -0.2) is 33.4 Å². The molecule has 3 aromatic carbocycles. The lowest BCUT2D eigenvalue weighted by Gasteiger charge is -2.11. The third kappa shape index (κ3) is 3.83. The Hall–Kier alpha value is -4.84. The third-order valence-corrected chi connectivity index (χ3v) is 6.69. The van der Waals surface area contributed by atoms with Gasteiger partial charge in [-0.15, -0.1) is 0 Å². The van der Waals surface area contributed by atoms with E-state index in [1.54, 1.807) is 14.2 Å². The number of ether oxygens (including phenoxy) is 2. The summed E-state index contributed by atoms with van der Waals surface area (Å²) in [5, 5.41) is 5.24. The zero-order valence-corrected chi connectivity index (χ0v) is 20.9. The van der Waals surface area contributed by atoms with Crippen molar-refractivity contribution in [3.05, 3.63) is 103 Å². The van der Waals surface area contributed by atoms with Crippen LogP contribution < -0.4 is 9.47 Å². The highest BCUT2D eigenvalue weighted by atomic mass is 16.5. The maximum Gasteiger partial charge on any atom is 0.145 e. The third-order valence-electron chi connectivity index (χ3n) is 6.69. The van der Waals surface area contributed by atoms with Crippen molar-refractivity contribution in [2.75, 3.05) is 14.2 Å². The number of fused-ring (bicyclic) bond motifs is 1. The minimum absolute atomic E-state index is 0.810. The number of methoxy groups -OCH3 is 2. The highest BCUT2D eigenvalue weighted by molar-refractivity contribution is 5.95. The summed E-state index contributed by atoms with van der Waals surface area (Å²) in [7, 11) is 5.46. The summed E-state index contributed by atoms with van der Waals surface area (Å²) in [4.78, 5) is 4.25. The molecule has 0 saturated heterocycles. The van der Waals surface area contributed by atoms with Crippen LogP contribution in [0.1, 0.15) is 0 Å². The Labute approximate surface area is 215 Å². The first-order valence-corrected chi connectivity index (χ1v) is 12.1. The molecule has 6 heteroatoms. The van der Waals surface area contributed by atoms with E-state index in [-0.39, 0.29) is 0 Å². The highest BCUT2D eigenvalue weighted by Crippen LogP contribution is 2.42. The fraction of sp³-hybridized carbons (Fsp3) is 0.0968. The van der Waals surface area contributed by atoms with Crippen molar-refractivity contribution in [1.29, 1.82) is 0 Å². The van der Waals surface area contributed by atoms with Crippen LogP contribution in [0.25, 0.3) is 50.5 Å². The number of hydrogen-bond donors (Lipinski definition) is 0. The van der Waals surface area contributed by atoms with E-state index < -0.39 is 0 Å². The summed E-state index contributed by atoms with van der Waals surface area (Å²) in [6, 6.07) is 30.7. The van der Waals surface area contributed by atoms with E-state index in [0.29, 0.717) is 0 Å². The van der Waals surface area contributed by atoms with Crippen LogP contribution in [0.2, 0.25) is 0 Å². The van der Waals surface area contributed by atoms with Crippen molar-refractivity contribution in [2.24, 2.45) is 7.05 Å². The lowest BCUT2D eigenvalue weighted by molar-refractivity contribution is 0.414. The largest absolute Gasteiger partial charge is 0.497 e. The van der Waals surface area contributed by atoms with Gasteiger partial charge in [0.1, 0.15) is 22.8 Å². The normalized spacial score (nSPS) is 11.1. The van der Waals surface area contributed by atoms with Crippen molar-refractivity contribution in [3.8, 4) is 56.4 Å². The van der Waals surface area contributed by atoms with Crippen LogP contribution in [-0.2, 0) is 7.05 Å². The average molecular weight is 487 g/mol. The monoisotopic (exact) mass is 486 g/mol. The Morgan fingerprint density at radius 1 is 0.595 bits per heavy atom. The topological polar surface area (TPSA) is 53.6 Å². The van der Waals surface area contributed by atoms with E-state index in [1.807, 2.05) is 67.0 Å². The number of hydrogen-bond acceptors (Lipinski definition) is 4. The van der Waals surface area contributed by atoms with Gasteiger partial charge in [0.15, 0.2) is 0 Å². The molecule has 182 valence electrons. The molecule has 0 aliphatic rings. The zero-order chi connectivity index (χ0) is 25.4. The molecule has 0 unspecified atom stereocenters. The van der Waals surface area contributed by atoms with Crippen LogP contribution in [0.3, 0.4) is 0 Å². The molecule has 0 aliphatic carbocycles. The van der Waals surface area contributed by atoms with E-state index in [4.69, 9.17) is 14.6 Å². The van der Waals surface area contributed by atoms with E-state index in [9.17, 15) is 0 Å². The molecule has 0 N–H and O–H groups in total. The molecule has 0 spiro atoms. The summed E-state index contributed by atoms with van der Waals surface area (Å²) in [5.74, 6) is 1.63. The lowest BCUT2D eigenvalue weighted by atomic mass is 10.0. The number of rotatable bonds is 6.